The molecule has 12 aromatic rings. The van der Waals surface area contributed by atoms with Crippen molar-refractivity contribution in [3.05, 3.63) is 188 Å². The molecular formula is C52H31NO2S. The second-order valence-electron chi connectivity index (χ2n) is 14.4. The highest BCUT2D eigenvalue weighted by molar-refractivity contribution is 7.25. The van der Waals surface area contributed by atoms with Gasteiger partial charge in [-0.15, -0.1) is 11.3 Å². The maximum absolute atomic E-state index is 6.60. The number of thiophene rings is 1. The number of para-hydroxylation sites is 3. The van der Waals surface area contributed by atoms with E-state index in [2.05, 4.69) is 181 Å². The molecule has 0 unspecified atom stereocenters. The molecule has 3 aromatic heterocycles. The van der Waals surface area contributed by atoms with Gasteiger partial charge in [-0.2, -0.15) is 0 Å². The maximum atomic E-state index is 6.60. The minimum Gasteiger partial charge on any atom is -0.455 e. The monoisotopic (exact) mass is 733 g/mol. The third-order valence-electron chi connectivity index (χ3n) is 11.3. The molecule has 0 N–H and O–H groups in total. The highest BCUT2D eigenvalue weighted by atomic mass is 32.1. The Hall–Kier alpha value is -7.14. The van der Waals surface area contributed by atoms with E-state index in [1.165, 1.54) is 36.3 Å². The molecule has 0 aliphatic heterocycles. The lowest BCUT2D eigenvalue weighted by molar-refractivity contribution is 0.670. The second-order valence-corrected chi connectivity index (χ2v) is 15.5. The molecule has 262 valence electrons. The van der Waals surface area contributed by atoms with Gasteiger partial charge in [0.25, 0.3) is 0 Å². The Morgan fingerprint density at radius 1 is 0.357 bits per heavy atom. The van der Waals surface area contributed by atoms with Crippen molar-refractivity contribution >= 4 is 103 Å². The van der Waals surface area contributed by atoms with Gasteiger partial charge in [-0.25, -0.2) is 0 Å². The lowest BCUT2D eigenvalue weighted by atomic mass is 9.99. The third-order valence-corrected chi connectivity index (χ3v) is 12.4. The first-order valence-corrected chi connectivity index (χ1v) is 19.7. The minimum absolute atomic E-state index is 0.905. The fraction of sp³-hybridized carbons (Fsp3) is 0. The predicted octanol–water partition coefficient (Wildman–Crippen LogP) is 15.8. The summed E-state index contributed by atoms with van der Waals surface area (Å²) in [5.74, 6) is 0. The van der Waals surface area contributed by atoms with Crippen molar-refractivity contribution in [2.75, 3.05) is 4.90 Å². The number of anilines is 3. The van der Waals surface area contributed by atoms with E-state index in [0.717, 1.165) is 77.8 Å². The van der Waals surface area contributed by atoms with Gasteiger partial charge in [0, 0.05) is 69.9 Å². The number of fused-ring (bicyclic) bond motifs is 11. The van der Waals surface area contributed by atoms with Crippen molar-refractivity contribution in [3.63, 3.8) is 0 Å². The van der Waals surface area contributed by atoms with E-state index in [1.807, 2.05) is 23.5 Å². The number of hydrogen-bond donors (Lipinski definition) is 0. The van der Waals surface area contributed by atoms with E-state index < -0.39 is 0 Å². The Labute approximate surface area is 325 Å². The lowest BCUT2D eigenvalue weighted by Gasteiger charge is -2.26. The lowest BCUT2D eigenvalue weighted by Crippen LogP contribution is -2.09. The van der Waals surface area contributed by atoms with E-state index in [1.54, 1.807) is 0 Å². The molecule has 3 heterocycles. The molecule has 4 heteroatoms. The number of hydrogen-bond acceptors (Lipinski definition) is 4. The quantitative estimate of drug-likeness (QED) is 0.176. The number of furan rings is 2. The van der Waals surface area contributed by atoms with Crippen LogP contribution < -0.4 is 4.90 Å². The summed E-state index contributed by atoms with van der Waals surface area (Å²) in [6.45, 7) is 0. The summed E-state index contributed by atoms with van der Waals surface area (Å²) in [5, 5.41) is 9.57. The van der Waals surface area contributed by atoms with E-state index in [4.69, 9.17) is 8.83 Å². The van der Waals surface area contributed by atoms with E-state index in [0.29, 0.717) is 0 Å². The highest BCUT2D eigenvalue weighted by Crippen LogP contribution is 2.44. The van der Waals surface area contributed by atoms with E-state index >= 15 is 0 Å². The third kappa shape index (κ3) is 4.76. The molecule has 0 spiro atoms. The molecule has 9 aromatic carbocycles. The van der Waals surface area contributed by atoms with Gasteiger partial charge in [0.05, 0.1) is 0 Å². The molecule has 0 bridgehead atoms. The fourth-order valence-electron chi connectivity index (χ4n) is 8.65. The molecule has 3 nitrogen and oxygen atoms in total. The molecule has 0 atom stereocenters. The fourth-order valence-corrected chi connectivity index (χ4v) is 9.79. The summed E-state index contributed by atoms with van der Waals surface area (Å²) in [5.41, 5.74) is 11.3. The first-order valence-electron chi connectivity index (χ1n) is 18.9. The normalized spacial score (nSPS) is 11.9. The van der Waals surface area contributed by atoms with Crippen LogP contribution in [-0.2, 0) is 0 Å². The summed E-state index contributed by atoms with van der Waals surface area (Å²) >= 11 is 1.84. The molecule has 0 radical (unpaired) electrons. The zero-order chi connectivity index (χ0) is 36.7. The largest absolute Gasteiger partial charge is 0.455 e. The molecule has 0 saturated heterocycles. The van der Waals surface area contributed by atoms with Crippen molar-refractivity contribution in [1.29, 1.82) is 0 Å². The Morgan fingerprint density at radius 2 is 0.929 bits per heavy atom. The van der Waals surface area contributed by atoms with Crippen LogP contribution in [0.3, 0.4) is 0 Å². The van der Waals surface area contributed by atoms with Crippen LogP contribution in [0.1, 0.15) is 0 Å². The van der Waals surface area contributed by atoms with E-state index in [9.17, 15) is 0 Å². The van der Waals surface area contributed by atoms with Crippen LogP contribution in [-0.4, -0.2) is 0 Å². The van der Waals surface area contributed by atoms with Crippen molar-refractivity contribution in [2.24, 2.45) is 0 Å². The van der Waals surface area contributed by atoms with Gasteiger partial charge in [0.1, 0.15) is 22.3 Å². The molecule has 12 rings (SSSR count). The van der Waals surface area contributed by atoms with Crippen LogP contribution in [0.2, 0.25) is 0 Å². The first-order chi connectivity index (χ1) is 27.7. The summed E-state index contributed by atoms with van der Waals surface area (Å²) in [6, 6.07) is 67.2. The standard InChI is InChI=1S/C52H31NO2S/c1-2-10-38-32(9-1)23-30-47-50(38)45-16-8-14-40(52(45)55-47)34-21-26-36(27-22-34)53(37-28-29-43-42-12-4-6-18-48(42)56-49(43)31-37)35-24-19-33(20-25-35)39-13-7-15-44-41-11-3-5-17-46(41)54-51(39)44/h1-31H. The van der Waals surface area contributed by atoms with Gasteiger partial charge < -0.3 is 13.7 Å². The van der Waals surface area contributed by atoms with Crippen LogP contribution in [0.5, 0.6) is 0 Å². The molecular weight excluding hydrogens is 703 g/mol. The molecule has 0 aliphatic carbocycles. The van der Waals surface area contributed by atoms with Crippen molar-refractivity contribution in [1.82, 2.24) is 0 Å². The second kappa shape index (κ2) is 12.2. The smallest absolute Gasteiger partial charge is 0.143 e. The topological polar surface area (TPSA) is 29.5 Å². The van der Waals surface area contributed by atoms with Crippen LogP contribution in [0.15, 0.2) is 197 Å². The summed E-state index contributed by atoms with van der Waals surface area (Å²) in [7, 11) is 0. The minimum atomic E-state index is 0.905. The Balaban J connectivity index is 0.981. The maximum Gasteiger partial charge on any atom is 0.143 e. The average Bonchev–Trinajstić information content (AvgIpc) is 3.96. The molecule has 0 aliphatic rings. The molecule has 56 heavy (non-hydrogen) atoms. The summed E-state index contributed by atoms with van der Waals surface area (Å²) < 4.78 is 15.6. The highest BCUT2D eigenvalue weighted by Gasteiger charge is 2.19. The van der Waals surface area contributed by atoms with E-state index in [-0.39, 0.29) is 0 Å². The van der Waals surface area contributed by atoms with Crippen LogP contribution in [0.4, 0.5) is 17.1 Å². The van der Waals surface area contributed by atoms with Gasteiger partial charge >= 0.3 is 0 Å². The van der Waals surface area contributed by atoms with Gasteiger partial charge in [-0.05, 0) is 76.5 Å². The van der Waals surface area contributed by atoms with Crippen LogP contribution in [0.25, 0.3) is 97.1 Å². The van der Waals surface area contributed by atoms with Crippen molar-refractivity contribution < 1.29 is 8.83 Å². The zero-order valence-corrected chi connectivity index (χ0v) is 30.9. The van der Waals surface area contributed by atoms with Crippen molar-refractivity contribution in [2.45, 2.75) is 0 Å². The Kier molecular flexibility index (Phi) is 6.80. The molecule has 0 amide bonds. The predicted molar refractivity (Wildman–Crippen MR) is 237 cm³/mol. The summed E-state index contributed by atoms with van der Waals surface area (Å²) in [4.78, 5) is 2.35. The number of rotatable bonds is 5. The molecule has 0 fully saturated rings. The molecule has 0 saturated carbocycles. The average molecular weight is 734 g/mol. The first kappa shape index (κ1) is 31.2. The van der Waals surface area contributed by atoms with Gasteiger partial charge in [0.2, 0.25) is 0 Å². The van der Waals surface area contributed by atoms with Crippen molar-refractivity contribution in [3.8, 4) is 22.3 Å². The number of benzene rings is 9. The van der Waals surface area contributed by atoms with Gasteiger partial charge in [0.15, 0.2) is 0 Å². The SMILES string of the molecule is c1ccc2c(c1)ccc1oc3c(-c4ccc(N(c5ccc(-c6cccc7c6oc6ccccc67)cc5)c5ccc6c(c5)sc5ccccc56)cc4)cccc3c12. The zero-order valence-electron chi connectivity index (χ0n) is 30.1. The van der Waals surface area contributed by atoms with Gasteiger partial charge in [-0.1, -0.05) is 133 Å². The Bertz CT molecular complexity index is 3480. The number of nitrogens with zero attached hydrogens (tertiary/aromatic N) is 1. The summed E-state index contributed by atoms with van der Waals surface area (Å²) in [6.07, 6.45) is 0. The van der Waals surface area contributed by atoms with Gasteiger partial charge in [-0.3, -0.25) is 0 Å². The van der Waals surface area contributed by atoms with Crippen LogP contribution in [0, 0.1) is 0 Å². The Morgan fingerprint density at radius 3 is 1.70 bits per heavy atom. The van der Waals surface area contributed by atoms with Crippen LogP contribution >= 0.6 is 11.3 Å².